The van der Waals surface area contributed by atoms with Gasteiger partial charge in [-0.3, -0.25) is 14.4 Å². The van der Waals surface area contributed by atoms with Crippen molar-refractivity contribution in [1.82, 2.24) is 0 Å². The van der Waals surface area contributed by atoms with Crippen LogP contribution in [0.3, 0.4) is 0 Å². The summed E-state index contributed by atoms with van der Waals surface area (Å²) in [6.45, 7) is 5.82. The van der Waals surface area contributed by atoms with E-state index in [1.807, 2.05) is 6.92 Å². The van der Waals surface area contributed by atoms with Gasteiger partial charge in [0.1, 0.15) is 5.00 Å². The first-order valence-corrected chi connectivity index (χ1v) is 9.21. The summed E-state index contributed by atoms with van der Waals surface area (Å²) in [5.74, 6) is -1.74. The lowest BCUT2D eigenvalue weighted by Gasteiger charge is -2.09. The molecule has 3 N–H and O–H groups in total. The predicted octanol–water partition coefficient (Wildman–Crippen LogP) is 3.08. The Morgan fingerprint density at radius 2 is 1.57 bits per heavy atom. The summed E-state index contributed by atoms with van der Waals surface area (Å²) < 4.78 is 5.11. The maximum absolute atomic E-state index is 12.4. The molecule has 0 atom stereocenters. The molecule has 2 aromatic rings. The first kappa shape index (κ1) is 21.1. The minimum atomic E-state index is -0.687. The van der Waals surface area contributed by atoms with Gasteiger partial charge in [-0.2, -0.15) is 0 Å². The summed E-state index contributed by atoms with van der Waals surface area (Å²) >= 11 is 1.27. The summed E-state index contributed by atoms with van der Waals surface area (Å²) in [5.41, 5.74) is 1.93. The quantitative estimate of drug-likeness (QED) is 0.642. The first-order valence-electron chi connectivity index (χ1n) is 8.39. The lowest BCUT2D eigenvalue weighted by molar-refractivity contribution is -0.119. The first-order chi connectivity index (χ1) is 13.2. The second-order valence-corrected chi connectivity index (χ2v) is 7.28. The SMILES string of the molecule is CC(=O)Nc1cccc(NC(=O)COC(=O)c2c(NC(C)=O)sc(C)c2C)c1. The Morgan fingerprint density at radius 3 is 2.18 bits per heavy atom. The number of anilines is 3. The van der Waals surface area contributed by atoms with Crippen LogP contribution in [0.5, 0.6) is 0 Å². The number of aryl methyl sites for hydroxylation is 1. The molecule has 1 aromatic carbocycles. The van der Waals surface area contributed by atoms with Crippen LogP contribution in [-0.4, -0.2) is 30.3 Å². The summed E-state index contributed by atoms with van der Waals surface area (Å²) in [6.07, 6.45) is 0. The Bertz CT molecular complexity index is 936. The molecular formula is C19H21N3O5S. The molecule has 0 aliphatic carbocycles. The fourth-order valence-electron chi connectivity index (χ4n) is 2.40. The summed E-state index contributed by atoms with van der Waals surface area (Å²) in [5, 5.41) is 8.21. The molecule has 0 radical (unpaired) electrons. The molecule has 9 heteroatoms. The highest BCUT2D eigenvalue weighted by Crippen LogP contribution is 2.33. The van der Waals surface area contributed by atoms with Crippen molar-refractivity contribution in [2.75, 3.05) is 22.6 Å². The molecule has 0 spiro atoms. The average molecular weight is 403 g/mol. The van der Waals surface area contributed by atoms with Gasteiger partial charge >= 0.3 is 5.97 Å². The number of carbonyl (C=O) groups is 4. The predicted molar refractivity (Wildman–Crippen MR) is 108 cm³/mol. The molecular weight excluding hydrogens is 382 g/mol. The van der Waals surface area contributed by atoms with Crippen molar-refractivity contribution < 1.29 is 23.9 Å². The second kappa shape index (κ2) is 9.14. The van der Waals surface area contributed by atoms with E-state index >= 15 is 0 Å². The summed E-state index contributed by atoms with van der Waals surface area (Å²) in [6, 6.07) is 6.58. The molecule has 0 saturated carbocycles. The van der Waals surface area contributed by atoms with E-state index in [0.29, 0.717) is 21.9 Å². The highest BCUT2D eigenvalue weighted by Gasteiger charge is 2.22. The maximum atomic E-state index is 12.4. The van der Waals surface area contributed by atoms with Crippen LogP contribution >= 0.6 is 11.3 Å². The van der Waals surface area contributed by atoms with Gasteiger partial charge in [0.2, 0.25) is 11.8 Å². The normalized spacial score (nSPS) is 10.1. The van der Waals surface area contributed by atoms with Crippen LogP contribution in [-0.2, 0) is 19.1 Å². The van der Waals surface area contributed by atoms with Crippen LogP contribution < -0.4 is 16.0 Å². The van der Waals surface area contributed by atoms with Gasteiger partial charge in [-0.1, -0.05) is 6.07 Å². The van der Waals surface area contributed by atoms with Crippen LogP contribution in [0.1, 0.15) is 34.6 Å². The molecule has 0 bridgehead atoms. The number of carbonyl (C=O) groups excluding carboxylic acids is 4. The monoisotopic (exact) mass is 403 g/mol. The van der Waals surface area contributed by atoms with Crippen LogP contribution in [0.4, 0.5) is 16.4 Å². The van der Waals surface area contributed by atoms with E-state index in [1.165, 1.54) is 25.2 Å². The molecule has 28 heavy (non-hydrogen) atoms. The van der Waals surface area contributed by atoms with Crippen LogP contribution in [0, 0.1) is 13.8 Å². The van der Waals surface area contributed by atoms with Crippen molar-refractivity contribution in [1.29, 1.82) is 0 Å². The number of rotatable bonds is 6. The van der Waals surface area contributed by atoms with Gasteiger partial charge < -0.3 is 20.7 Å². The summed E-state index contributed by atoms with van der Waals surface area (Å²) in [4.78, 5) is 47.8. The Morgan fingerprint density at radius 1 is 0.964 bits per heavy atom. The second-order valence-electron chi connectivity index (χ2n) is 6.05. The van der Waals surface area contributed by atoms with Crippen molar-refractivity contribution in [3.8, 4) is 0 Å². The van der Waals surface area contributed by atoms with Crippen molar-refractivity contribution in [2.45, 2.75) is 27.7 Å². The molecule has 2 rings (SSSR count). The minimum absolute atomic E-state index is 0.228. The van der Waals surface area contributed by atoms with E-state index in [4.69, 9.17) is 4.74 Å². The Balaban J connectivity index is 2.01. The number of nitrogens with one attached hydrogen (secondary N) is 3. The highest BCUT2D eigenvalue weighted by molar-refractivity contribution is 7.16. The highest BCUT2D eigenvalue weighted by atomic mass is 32.1. The van der Waals surface area contributed by atoms with E-state index in [0.717, 1.165) is 4.88 Å². The lowest BCUT2D eigenvalue weighted by atomic mass is 10.1. The van der Waals surface area contributed by atoms with E-state index in [1.54, 1.807) is 31.2 Å². The third kappa shape index (κ3) is 5.65. The zero-order valence-electron chi connectivity index (χ0n) is 16.0. The zero-order valence-corrected chi connectivity index (χ0v) is 16.8. The van der Waals surface area contributed by atoms with Crippen molar-refractivity contribution in [2.24, 2.45) is 0 Å². The molecule has 8 nitrogen and oxygen atoms in total. The Labute approximate surface area is 166 Å². The molecule has 1 heterocycles. The molecule has 3 amide bonds. The number of esters is 1. The van der Waals surface area contributed by atoms with Gasteiger partial charge in [-0.25, -0.2) is 4.79 Å². The number of benzene rings is 1. The molecule has 0 saturated heterocycles. The third-order valence-electron chi connectivity index (χ3n) is 3.68. The molecule has 1 aromatic heterocycles. The molecule has 0 unspecified atom stereocenters. The minimum Gasteiger partial charge on any atom is -0.452 e. The van der Waals surface area contributed by atoms with E-state index in [-0.39, 0.29) is 17.4 Å². The van der Waals surface area contributed by atoms with E-state index < -0.39 is 18.5 Å². The zero-order chi connectivity index (χ0) is 20.8. The third-order valence-corrected chi connectivity index (χ3v) is 4.80. The standard InChI is InChI=1S/C19H21N3O5S/c1-10-11(2)28-18(21-13(4)24)17(10)19(26)27-9-16(25)22-15-7-5-6-14(8-15)20-12(3)23/h5-8H,9H2,1-4H3,(H,20,23)(H,21,24)(H,22,25). The molecule has 0 fully saturated rings. The number of thiophene rings is 1. The van der Waals surface area contributed by atoms with Crippen LogP contribution in [0.15, 0.2) is 24.3 Å². The van der Waals surface area contributed by atoms with Gasteiger partial charge in [0, 0.05) is 30.1 Å². The lowest BCUT2D eigenvalue weighted by Crippen LogP contribution is -2.21. The van der Waals surface area contributed by atoms with E-state index in [2.05, 4.69) is 16.0 Å². The fourth-order valence-corrected chi connectivity index (χ4v) is 3.49. The molecule has 0 aliphatic rings. The number of amides is 3. The van der Waals surface area contributed by atoms with Crippen molar-refractivity contribution >= 4 is 51.4 Å². The number of hydrogen-bond acceptors (Lipinski definition) is 6. The summed E-state index contributed by atoms with van der Waals surface area (Å²) in [7, 11) is 0. The van der Waals surface area contributed by atoms with Gasteiger partial charge in [-0.15, -0.1) is 11.3 Å². The Kier molecular flexibility index (Phi) is 6.89. The van der Waals surface area contributed by atoms with Crippen molar-refractivity contribution in [3.63, 3.8) is 0 Å². The topological polar surface area (TPSA) is 114 Å². The van der Waals surface area contributed by atoms with Gasteiger partial charge in [0.15, 0.2) is 6.61 Å². The Hall–Kier alpha value is -3.20. The molecule has 0 aliphatic heterocycles. The van der Waals surface area contributed by atoms with E-state index in [9.17, 15) is 19.2 Å². The smallest absolute Gasteiger partial charge is 0.341 e. The van der Waals surface area contributed by atoms with Crippen LogP contribution in [0.25, 0.3) is 0 Å². The number of hydrogen-bond donors (Lipinski definition) is 3. The van der Waals surface area contributed by atoms with Gasteiger partial charge in [0.25, 0.3) is 5.91 Å². The fraction of sp³-hybridized carbons (Fsp3) is 0.263. The average Bonchev–Trinajstić information content (AvgIpc) is 2.85. The molecule has 148 valence electrons. The number of ether oxygens (including phenoxy) is 1. The van der Waals surface area contributed by atoms with Crippen LogP contribution in [0.2, 0.25) is 0 Å². The van der Waals surface area contributed by atoms with Crippen molar-refractivity contribution in [3.05, 3.63) is 40.3 Å². The van der Waals surface area contributed by atoms with Gasteiger partial charge in [-0.05, 0) is 37.6 Å². The maximum Gasteiger partial charge on any atom is 0.341 e. The largest absolute Gasteiger partial charge is 0.452 e. The van der Waals surface area contributed by atoms with Gasteiger partial charge in [0.05, 0.1) is 5.56 Å².